The van der Waals surface area contributed by atoms with Crippen molar-refractivity contribution in [2.24, 2.45) is 0 Å². The van der Waals surface area contributed by atoms with Crippen molar-refractivity contribution in [3.63, 3.8) is 0 Å². The highest BCUT2D eigenvalue weighted by atomic mass is 35.5. The van der Waals surface area contributed by atoms with E-state index < -0.39 is 5.91 Å². The van der Waals surface area contributed by atoms with E-state index in [1.54, 1.807) is 36.1 Å². The molecule has 0 aliphatic rings. The van der Waals surface area contributed by atoms with E-state index in [4.69, 9.17) is 16.3 Å². The summed E-state index contributed by atoms with van der Waals surface area (Å²) in [5.74, 6) is -0.364. The molecule has 1 amide bonds. The van der Waals surface area contributed by atoms with Crippen molar-refractivity contribution in [2.45, 2.75) is 6.92 Å². The first-order valence-corrected chi connectivity index (χ1v) is 8.64. The van der Waals surface area contributed by atoms with Gasteiger partial charge in [0.25, 0.3) is 5.91 Å². The lowest BCUT2D eigenvalue weighted by Crippen LogP contribution is -2.28. The zero-order valence-corrected chi connectivity index (χ0v) is 15.6. The van der Waals surface area contributed by atoms with Crippen LogP contribution in [0.2, 0.25) is 5.02 Å². The molecule has 1 aromatic heterocycles. The average molecular weight is 389 g/mol. The minimum Gasteiger partial charge on any atom is -0.383 e. The molecule has 3 aromatic rings. The number of amides is 1. The molecule has 2 aromatic carbocycles. The van der Waals surface area contributed by atoms with Crippen LogP contribution in [0, 0.1) is 12.7 Å². The van der Waals surface area contributed by atoms with Gasteiger partial charge in [-0.2, -0.15) is 0 Å². The van der Waals surface area contributed by atoms with Crippen molar-refractivity contribution in [1.29, 1.82) is 0 Å². The smallest absolute Gasteiger partial charge is 0.291 e. The topological polar surface area (TPSA) is 69.0 Å². The van der Waals surface area contributed by atoms with E-state index in [1.165, 1.54) is 12.1 Å². The highest BCUT2D eigenvalue weighted by molar-refractivity contribution is 6.30. The van der Waals surface area contributed by atoms with Crippen LogP contribution < -0.4 is 5.32 Å². The molecule has 0 fully saturated rings. The first kappa shape index (κ1) is 19.0. The molecular weight excluding hydrogens is 371 g/mol. The van der Waals surface area contributed by atoms with Gasteiger partial charge in [0.1, 0.15) is 5.82 Å². The van der Waals surface area contributed by atoms with E-state index in [9.17, 15) is 9.18 Å². The summed E-state index contributed by atoms with van der Waals surface area (Å²) >= 11 is 6.14. The maximum absolute atomic E-state index is 13.3. The highest BCUT2D eigenvalue weighted by Gasteiger charge is 2.19. The van der Waals surface area contributed by atoms with Crippen LogP contribution in [-0.4, -0.2) is 40.9 Å². The minimum atomic E-state index is -0.422. The Hall–Kier alpha value is -2.77. The number of rotatable bonds is 6. The molecule has 3 rings (SSSR count). The van der Waals surface area contributed by atoms with E-state index in [2.05, 4.69) is 15.4 Å². The number of benzene rings is 2. The SMILES string of the molecule is COCCNC(=O)c1nc(-c2ccc(F)cc2)n(-c2cc(Cl)ccc2C)n1. The van der Waals surface area contributed by atoms with Crippen LogP contribution in [0.3, 0.4) is 0 Å². The predicted octanol–water partition coefficient (Wildman–Crippen LogP) is 3.41. The van der Waals surface area contributed by atoms with Crippen LogP contribution >= 0.6 is 11.6 Å². The highest BCUT2D eigenvalue weighted by Crippen LogP contribution is 2.25. The molecule has 0 radical (unpaired) electrons. The summed E-state index contributed by atoms with van der Waals surface area (Å²) in [6, 6.07) is 11.2. The number of aromatic nitrogens is 3. The quantitative estimate of drug-likeness (QED) is 0.657. The zero-order chi connectivity index (χ0) is 19.4. The number of halogens is 2. The van der Waals surface area contributed by atoms with Crippen LogP contribution in [0.15, 0.2) is 42.5 Å². The molecule has 0 saturated heterocycles. The Morgan fingerprint density at radius 3 is 2.70 bits per heavy atom. The van der Waals surface area contributed by atoms with Crippen molar-refractivity contribution in [2.75, 3.05) is 20.3 Å². The molecule has 8 heteroatoms. The number of aryl methyl sites for hydroxylation is 1. The molecule has 0 unspecified atom stereocenters. The van der Waals surface area contributed by atoms with Crippen molar-refractivity contribution >= 4 is 17.5 Å². The van der Waals surface area contributed by atoms with Crippen LogP contribution in [0.4, 0.5) is 4.39 Å². The van der Waals surface area contributed by atoms with Gasteiger partial charge in [0.05, 0.1) is 12.3 Å². The number of nitrogens with one attached hydrogen (secondary N) is 1. The summed E-state index contributed by atoms with van der Waals surface area (Å²) in [6.45, 7) is 2.62. The Morgan fingerprint density at radius 1 is 1.26 bits per heavy atom. The molecule has 0 bridgehead atoms. The molecule has 1 N–H and O–H groups in total. The number of ether oxygens (including phenoxy) is 1. The standard InChI is InChI=1S/C19H18ClFN4O2/c1-12-3-6-14(20)11-16(12)25-18(13-4-7-15(21)8-5-13)23-17(24-25)19(26)22-9-10-27-2/h3-8,11H,9-10H2,1-2H3,(H,22,26). The number of methoxy groups -OCH3 is 1. The minimum absolute atomic E-state index is 0.00445. The van der Waals surface area contributed by atoms with Crippen molar-refractivity contribution < 1.29 is 13.9 Å². The average Bonchev–Trinajstić information content (AvgIpc) is 3.09. The number of hydrogen-bond donors (Lipinski definition) is 1. The summed E-state index contributed by atoms with van der Waals surface area (Å²) in [4.78, 5) is 16.7. The predicted molar refractivity (Wildman–Crippen MR) is 101 cm³/mol. The second-order valence-electron chi connectivity index (χ2n) is 5.86. The molecule has 0 aliphatic carbocycles. The lowest BCUT2D eigenvalue weighted by atomic mass is 10.1. The molecule has 140 valence electrons. The van der Waals surface area contributed by atoms with Gasteiger partial charge in [0.15, 0.2) is 5.82 Å². The lowest BCUT2D eigenvalue weighted by molar-refractivity contribution is 0.0927. The third-order valence-electron chi connectivity index (χ3n) is 3.90. The maximum atomic E-state index is 13.3. The fourth-order valence-electron chi connectivity index (χ4n) is 2.52. The monoisotopic (exact) mass is 388 g/mol. The third-order valence-corrected chi connectivity index (χ3v) is 4.14. The molecule has 0 aliphatic heterocycles. The van der Waals surface area contributed by atoms with Crippen LogP contribution in [0.25, 0.3) is 17.1 Å². The Labute approximate surface area is 160 Å². The summed E-state index contributed by atoms with van der Waals surface area (Å²) in [6.07, 6.45) is 0. The number of carbonyl (C=O) groups is 1. The Bertz CT molecular complexity index is 957. The second kappa shape index (κ2) is 8.28. The van der Waals surface area contributed by atoms with E-state index in [0.29, 0.717) is 35.2 Å². The Kier molecular flexibility index (Phi) is 5.83. The molecule has 6 nitrogen and oxygen atoms in total. The maximum Gasteiger partial charge on any atom is 0.291 e. The lowest BCUT2D eigenvalue weighted by Gasteiger charge is -2.09. The van der Waals surface area contributed by atoms with Gasteiger partial charge < -0.3 is 10.1 Å². The number of nitrogens with zero attached hydrogens (tertiary/aromatic N) is 3. The Morgan fingerprint density at radius 2 is 2.00 bits per heavy atom. The first-order chi connectivity index (χ1) is 13.0. The van der Waals surface area contributed by atoms with Crippen molar-refractivity contribution in [3.8, 4) is 17.1 Å². The molecule has 0 atom stereocenters. The van der Waals surface area contributed by atoms with Crippen LogP contribution in [0.1, 0.15) is 16.2 Å². The first-order valence-electron chi connectivity index (χ1n) is 8.26. The summed E-state index contributed by atoms with van der Waals surface area (Å²) in [7, 11) is 1.55. The fourth-order valence-corrected chi connectivity index (χ4v) is 2.68. The van der Waals surface area contributed by atoms with Gasteiger partial charge in [-0.1, -0.05) is 17.7 Å². The number of hydrogen-bond acceptors (Lipinski definition) is 4. The van der Waals surface area contributed by atoms with E-state index >= 15 is 0 Å². The Balaban J connectivity index is 2.08. The largest absolute Gasteiger partial charge is 0.383 e. The molecule has 27 heavy (non-hydrogen) atoms. The zero-order valence-electron chi connectivity index (χ0n) is 14.9. The van der Waals surface area contributed by atoms with Gasteiger partial charge in [-0.3, -0.25) is 4.79 Å². The van der Waals surface area contributed by atoms with Gasteiger partial charge in [0, 0.05) is 24.2 Å². The molecular formula is C19H18ClFN4O2. The second-order valence-corrected chi connectivity index (χ2v) is 6.29. The van der Waals surface area contributed by atoms with Gasteiger partial charge in [-0.05, 0) is 48.9 Å². The number of carbonyl (C=O) groups excluding carboxylic acids is 1. The van der Waals surface area contributed by atoms with Gasteiger partial charge in [-0.15, -0.1) is 5.10 Å². The molecule has 0 spiro atoms. The fraction of sp³-hybridized carbons (Fsp3) is 0.211. The van der Waals surface area contributed by atoms with Crippen molar-refractivity contribution in [1.82, 2.24) is 20.1 Å². The van der Waals surface area contributed by atoms with Crippen molar-refractivity contribution in [3.05, 3.63) is 64.7 Å². The molecule has 0 saturated carbocycles. The molecule has 1 heterocycles. The van der Waals surface area contributed by atoms with E-state index in [0.717, 1.165) is 5.56 Å². The summed E-state index contributed by atoms with van der Waals surface area (Å²) < 4.78 is 19.8. The van der Waals surface area contributed by atoms with E-state index in [1.807, 2.05) is 13.0 Å². The van der Waals surface area contributed by atoms with Crippen LogP contribution in [-0.2, 0) is 4.74 Å². The van der Waals surface area contributed by atoms with Crippen LogP contribution in [0.5, 0.6) is 0 Å². The normalized spacial score (nSPS) is 10.8. The van der Waals surface area contributed by atoms with Gasteiger partial charge in [0.2, 0.25) is 5.82 Å². The van der Waals surface area contributed by atoms with Gasteiger partial charge >= 0.3 is 0 Å². The van der Waals surface area contributed by atoms with Gasteiger partial charge in [-0.25, -0.2) is 14.1 Å². The summed E-state index contributed by atoms with van der Waals surface area (Å²) in [5, 5.41) is 7.58. The summed E-state index contributed by atoms with van der Waals surface area (Å²) in [5.41, 5.74) is 2.21. The third kappa shape index (κ3) is 4.32. The van der Waals surface area contributed by atoms with E-state index in [-0.39, 0.29) is 11.6 Å².